The fraction of sp³-hybridized carbons (Fsp3) is 0.222. The van der Waals surface area contributed by atoms with Gasteiger partial charge in [-0.2, -0.15) is 4.98 Å². The number of oxazole rings is 1. The molecule has 0 saturated carbocycles. The Balaban J connectivity index is 1.93. The molecule has 2 aromatic heterocycles. The van der Waals surface area contributed by atoms with Gasteiger partial charge < -0.3 is 9.73 Å². The van der Waals surface area contributed by atoms with Gasteiger partial charge in [-0.15, -0.1) is 11.3 Å². The first-order valence-corrected chi connectivity index (χ1v) is 4.91. The smallest absolute Gasteiger partial charge is 0.295 e. The highest BCUT2D eigenvalue weighted by Gasteiger charge is 1.99. The van der Waals surface area contributed by atoms with Crippen LogP contribution in [0.1, 0.15) is 10.6 Å². The monoisotopic (exact) mass is 194 g/mol. The number of hydrogen-bond acceptors (Lipinski definition) is 4. The summed E-state index contributed by atoms with van der Waals surface area (Å²) < 4.78 is 5.14. The topological polar surface area (TPSA) is 38.1 Å². The van der Waals surface area contributed by atoms with Crippen LogP contribution in [-0.4, -0.2) is 4.98 Å². The summed E-state index contributed by atoms with van der Waals surface area (Å²) in [6.07, 6.45) is 1.64. The molecule has 0 fully saturated rings. The number of nitrogens with zero attached hydrogens (tertiary/aromatic N) is 1. The lowest BCUT2D eigenvalue weighted by Crippen LogP contribution is -1.97. The minimum atomic E-state index is 0.589. The highest BCUT2D eigenvalue weighted by molar-refractivity contribution is 7.09. The van der Waals surface area contributed by atoms with E-state index in [2.05, 4.69) is 21.7 Å². The van der Waals surface area contributed by atoms with Crippen LogP contribution in [0.3, 0.4) is 0 Å². The zero-order chi connectivity index (χ0) is 9.10. The number of aromatic nitrogens is 1. The number of nitrogens with one attached hydrogen (secondary N) is 1. The summed E-state index contributed by atoms with van der Waals surface area (Å²) in [5, 5.41) is 5.15. The van der Waals surface area contributed by atoms with Crippen LogP contribution in [0, 0.1) is 6.92 Å². The molecule has 0 spiro atoms. The summed E-state index contributed by atoms with van der Waals surface area (Å²) in [6, 6.07) is 4.70. The van der Waals surface area contributed by atoms with E-state index in [1.54, 1.807) is 17.6 Å². The molecule has 0 aliphatic heterocycles. The Labute approximate surface area is 80.4 Å². The Hall–Kier alpha value is -1.29. The lowest BCUT2D eigenvalue weighted by atomic mass is 10.5. The average Bonchev–Trinajstić information content (AvgIpc) is 2.71. The van der Waals surface area contributed by atoms with Gasteiger partial charge in [0.25, 0.3) is 6.01 Å². The highest BCUT2D eigenvalue weighted by Crippen LogP contribution is 2.12. The Morgan fingerprint density at radius 3 is 3.15 bits per heavy atom. The molecule has 0 aliphatic rings. The van der Waals surface area contributed by atoms with E-state index < -0.39 is 0 Å². The number of rotatable bonds is 3. The summed E-state index contributed by atoms with van der Waals surface area (Å²) in [5.74, 6) is 0. The summed E-state index contributed by atoms with van der Waals surface area (Å²) in [6.45, 7) is 2.68. The summed E-state index contributed by atoms with van der Waals surface area (Å²) in [5.41, 5.74) is 0.897. The SMILES string of the molecule is Cc1coc(NCc2cccs2)n1. The largest absolute Gasteiger partial charge is 0.432 e. The Morgan fingerprint density at radius 1 is 1.62 bits per heavy atom. The minimum Gasteiger partial charge on any atom is -0.432 e. The van der Waals surface area contributed by atoms with Crippen LogP contribution in [-0.2, 0) is 6.54 Å². The normalized spacial score (nSPS) is 10.2. The first-order chi connectivity index (χ1) is 6.34. The van der Waals surface area contributed by atoms with Crippen LogP contribution in [0.15, 0.2) is 28.2 Å². The molecule has 0 bridgehead atoms. The molecule has 2 heterocycles. The molecule has 0 unspecified atom stereocenters. The van der Waals surface area contributed by atoms with Crippen molar-refractivity contribution in [1.29, 1.82) is 0 Å². The van der Waals surface area contributed by atoms with Gasteiger partial charge in [0, 0.05) is 4.88 Å². The van der Waals surface area contributed by atoms with E-state index in [0.29, 0.717) is 6.01 Å². The van der Waals surface area contributed by atoms with E-state index in [1.165, 1.54) is 4.88 Å². The van der Waals surface area contributed by atoms with Crippen molar-refractivity contribution >= 4 is 17.4 Å². The molecule has 13 heavy (non-hydrogen) atoms. The van der Waals surface area contributed by atoms with Crippen molar-refractivity contribution in [2.45, 2.75) is 13.5 Å². The molecule has 0 radical (unpaired) electrons. The Bertz CT molecular complexity index is 367. The molecule has 0 aliphatic carbocycles. The van der Waals surface area contributed by atoms with Crippen LogP contribution in [0.25, 0.3) is 0 Å². The molecule has 0 atom stereocenters. The van der Waals surface area contributed by atoms with Crippen molar-refractivity contribution < 1.29 is 4.42 Å². The number of aryl methyl sites for hydroxylation is 1. The first-order valence-electron chi connectivity index (χ1n) is 4.03. The third kappa shape index (κ3) is 2.09. The molecule has 3 nitrogen and oxygen atoms in total. The number of hydrogen-bond donors (Lipinski definition) is 1. The predicted octanol–water partition coefficient (Wildman–Crippen LogP) is 2.66. The average molecular weight is 194 g/mol. The van der Waals surface area contributed by atoms with Crippen molar-refractivity contribution in [3.05, 3.63) is 34.3 Å². The predicted molar refractivity (Wildman–Crippen MR) is 52.9 cm³/mol. The molecular formula is C9H10N2OS. The number of anilines is 1. The summed E-state index contributed by atoms with van der Waals surface area (Å²) in [7, 11) is 0. The fourth-order valence-electron chi connectivity index (χ4n) is 1.01. The third-order valence-electron chi connectivity index (χ3n) is 1.61. The molecule has 2 rings (SSSR count). The van der Waals surface area contributed by atoms with E-state index in [0.717, 1.165) is 12.2 Å². The lowest BCUT2D eigenvalue weighted by Gasteiger charge is -1.96. The molecule has 0 amide bonds. The second kappa shape index (κ2) is 3.62. The fourth-order valence-corrected chi connectivity index (χ4v) is 1.66. The summed E-state index contributed by atoms with van der Waals surface area (Å²) >= 11 is 1.72. The zero-order valence-electron chi connectivity index (χ0n) is 7.28. The maximum absolute atomic E-state index is 5.14. The molecule has 0 aromatic carbocycles. The zero-order valence-corrected chi connectivity index (χ0v) is 8.10. The van der Waals surface area contributed by atoms with Crippen molar-refractivity contribution in [3.63, 3.8) is 0 Å². The standard InChI is InChI=1S/C9H10N2OS/c1-7-6-12-9(11-7)10-5-8-3-2-4-13-8/h2-4,6H,5H2,1H3,(H,10,11). The van der Waals surface area contributed by atoms with Gasteiger partial charge in [-0.25, -0.2) is 0 Å². The Kier molecular flexibility index (Phi) is 2.31. The minimum absolute atomic E-state index is 0.589. The first kappa shape index (κ1) is 8.31. The molecule has 1 N–H and O–H groups in total. The third-order valence-corrected chi connectivity index (χ3v) is 2.49. The van der Waals surface area contributed by atoms with Crippen LogP contribution < -0.4 is 5.32 Å². The van der Waals surface area contributed by atoms with E-state index in [-0.39, 0.29) is 0 Å². The maximum atomic E-state index is 5.14. The molecule has 0 saturated heterocycles. The molecule has 2 aromatic rings. The van der Waals surface area contributed by atoms with E-state index in [9.17, 15) is 0 Å². The highest BCUT2D eigenvalue weighted by atomic mass is 32.1. The lowest BCUT2D eigenvalue weighted by molar-refractivity contribution is 0.570. The van der Waals surface area contributed by atoms with Gasteiger partial charge in [-0.05, 0) is 18.4 Å². The molecule has 4 heteroatoms. The maximum Gasteiger partial charge on any atom is 0.295 e. The van der Waals surface area contributed by atoms with Crippen molar-refractivity contribution in [2.75, 3.05) is 5.32 Å². The quantitative estimate of drug-likeness (QED) is 0.816. The van der Waals surface area contributed by atoms with Gasteiger partial charge in [0.1, 0.15) is 6.26 Å². The van der Waals surface area contributed by atoms with Gasteiger partial charge in [0.15, 0.2) is 0 Å². The molecular weight excluding hydrogens is 184 g/mol. The van der Waals surface area contributed by atoms with E-state index in [1.807, 2.05) is 13.0 Å². The van der Waals surface area contributed by atoms with Gasteiger partial charge in [-0.1, -0.05) is 6.07 Å². The van der Waals surface area contributed by atoms with Gasteiger partial charge in [0.2, 0.25) is 0 Å². The second-order valence-electron chi connectivity index (χ2n) is 2.73. The van der Waals surface area contributed by atoms with Crippen molar-refractivity contribution in [2.24, 2.45) is 0 Å². The van der Waals surface area contributed by atoms with Crippen LogP contribution >= 0.6 is 11.3 Å². The second-order valence-corrected chi connectivity index (χ2v) is 3.76. The van der Waals surface area contributed by atoms with Gasteiger partial charge in [0.05, 0.1) is 12.2 Å². The van der Waals surface area contributed by atoms with Crippen molar-refractivity contribution in [1.82, 2.24) is 4.98 Å². The van der Waals surface area contributed by atoms with E-state index in [4.69, 9.17) is 4.42 Å². The molecule has 68 valence electrons. The van der Waals surface area contributed by atoms with Crippen molar-refractivity contribution in [3.8, 4) is 0 Å². The van der Waals surface area contributed by atoms with Crippen LogP contribution in [0.4, 0.5) is 6.01 Å². The van der Waals surface area contributed by atoms with E-state index >= 15 is 0 Å². The summed E-state index contributed by atoms with van der Waals surface area (Å²) in [4.78, 5) is 5.41. The van der Waals surface area contributed by atoms with Gasteiger partial charge in [-0.3, -0.25) is 0 Å². The van der Waals surface area contributed by atoms with Gasteiger partial charge >= 0.3 is 0 Å². The van der Waals surface area contributed by atoms with Crippen LogP contribution in [0.5, 0.6) is 0 Å². The Morgan fingerprint density at radius 2 is 2.54 bits per heavy atom. The van der Waals surface area contributed by atoms with Crippen LogP contribution in [0.2, 0.25) is 0 Å². The number of thiophene rings is 1.